The molecule has 33 heavy (non-hydrogen) atoms. The Balaban J connectivity index is 1.79. The van der Waals surface area contributed by atoms with Gasteiger partial charge in [-0.3, -0.25) is 4.40 Å². The topological polar surface area (TPSA) is 104 Å². The molecular weight excluding hydrogens is 462 g/mol. The van der Waals surface area contributed by atoms with E-state index in [0.717, 1.165) is 21.2 Å². The van der Waals surface area contributed by atoms with Crippen LogP contribution in [0.15, 0.2) is 29.3 Å². The Hall–Kier alpha value is -1.98. The fourth-order valence-electron chi connectivity index (χ4n) is 4.38. The van der Waals surface area contributed by atoms with E-state index in [0.29, 0.717) is 31.2 Å². The second-order valence-electron chi connectivity index (χ2n) is 9.20. The van der Waals surface area contributed by atoms with E-state index < -0.39 is 15.6 Å². The summed E-state index contributed by atoms with van der Waals surface area (Å²) in [6.07, 6.45) is 3.92. The predicted octanol–water partition coefficient (Wildman–Crippen LogP) is 3.53. The monoisotopic (exact) mass is 493 g/mol. The zero-order valence-corrected chi connectivity index (χ0v) is 21.2. The fourth-order valence-corrected chi connectivity index (χ4v) is 7.01. The van der Waals surface area contributed by atoms with Gasteiger partial charge in [0.25, 0.3) is 0 Å². The minimum Gasteiger partial charge on any atom is -0.495 e. The maximum Gasteiger partial charge on any atom is 0.246 e. The van der Waals surface area contributed by atoms with Gasteiger partial charge in [-0.2, -0.15) is 4.31 Å². The maximum atomic E-state index is 13.6. The molecule has 1 aliphatic carbocycles. The van der Waals surface area contributed by atoms with Crippen LogP contribution in [-0.4, -0.2) is 58.6 Å². The smallest absolute Gasteiger partial charge is 0.246 e. The van der Waals surface area contributed by atoms with Crippen molar-refractivity contribution < 1.29 is 23.4 Å². The lowest BCUT2D eigenvalue weighted by atomic mass is 9.93. The summed E-state index contributed by atoms with van der Waals surface area (Å²) in [7, 11) is -0.779. The third-order valence-corrected chi connectivity index (χ3v) is 9.60. The van der Waals surface area contributed by atoms with Gasteiger partial charge in [-0.15, -0.1) is 0 Å². The van der Waals surface area contributed by atoms with Gasteiger partial charge in [0.15, 0.2) is 4.96 Å². The van der Waals surface area contributed by atoms with Crippen molar-refractivity contribution in [3.8, 4) is 17.0 Å². The number of aromatic nitrogens is 2. The molecular formula is C23H31N3O5S2. The van der Waals surface area contributed by atoms with Crippen LogP contribution >= 0.6 is 11.3 Å². The van der Waals surface area contributed by atoms with Crippen molar-refractivity contribution in [1.82, 2.24) is 13.7 Å². The first kappa shape index (κ1) is 24.2. The number of rotatable bonds is 6. The molecule has 0 spiro atoms. The summed E-state index contributed by atoms with van der Waals surface area (Å²) in [5, 5.41) is 20.2. The maximum absolute atomic E-state index is 13.6. The van der Waals surface area contributed by atoms with E-state index in [1.807, 2.05) is 23.6 Å². The summed E-state index contributed by atoms with van der Waals surface area (Å²) >= 11 is 1.41. The lowest BCUT2D eigenvalue weighted by Crippen LogP contribution is -2.40. The van der Waals surface area contributed by atoms with Gasteiger partial charge in [0.1, 0.15) is 10.6 Å². The number of fused-ring (bicyclic) bond motifs is 1. The van der Waals surface area contributed by atoms with E-state index in [1.54, 1.807) is 33.0 Å². The molecule has 0 radical (unpaired) electrons. The third-order valence-electron chi connectivity index (χ3n) is 6.38. The van der Waals surface area contributed by atoms with Crippen LogP contribution in [0.5, 0.6) is 5.75 Å². The minimum atomic E-state index is -3.84. The standard InChI is InChI=1S/C23H31N3O5S2/c1-14-21(26-13-20(23(2,3)28)32-22(26)24-14)15-6-11-18(31-5)19(12-15)33(29,30)25(4)16-7-9-17(27)10-8-16/h6,11-13,16-17,27-28H,7-10H2,1-5H3/t16-,17+. The summed E-state index contributed by atoms with van der Waals surface area (Å²) in [5.41, 5.74) is 1.25. The molecule has 8 nitrogen and oxygen atoms in total. The van der Waals surface area contributed by atoms with Crippen LogP contribution in [-0.2, 0) is 15.6 Å². The van der Waals surface area contributed by atoms with Gasteiger partial charge in [0.05, 0.1) is 35.1 Å². The Labute approximate surface area is 198 Å². The number of aryl methyl sites for hydroxylation is 1. The molecule has 2 N–H and O–H groups in total. The number of aliphatic hydroxyl groups is 2. The van der Waals surface area contributed by atoms with Crippen molar-refractivity contribution in [2.45, 2.75) is 69.1 Å². The van der Waals surface area contributed by atoms with Crippen LogP contribution < -0.4 is 4.74 Å². The molecule has 0 bridgehead atoms. The first-order valence-electron chi connectivity index (χ1n) is 11.0. The van der Waals surface area contributed by atoms with Crippen molar-refractivity contribution in [2.24, 2.45) is 0 Å². The quantitative estimate of drug-likeness (QED) is 0.544. The van der Waals surface area contributed by atoms with E-state index >= 15 is 0 Å². The normalized spacial score (nSPS) is 20.0. The highest BCUT2D eigenvalue weighted by atomic mass is 32.2. The highest BCUT2D eigenvalue weighted by molar-refractivity contribution is 7.89. The highest BCUT2D eigenvalue weighted by Crippen LogP contribution is 2.37. The number of imidazole rings is 1. The summed E-state index contributed by atoms with van der Waals surface area (Å²) in [5.74, 6) is 0.280. The van der Waals surface area contributed by atoms with Crippen LogP contribution in [0.2, 0.25) is 0 Å². The lowest BCUT2D eigenvalue weighted by molar-refractivity contribution is 0.0822. The number of hydrogen-bond acceptors (Lipinski definition) is 7. The van der Waals surface area contributed by atoms with Crippen molar-refractivity contribution in [2.75, 3.05) is 14.2 Å². The molecule has 0 amide bonds. The molecule has 180 valence electrons. The Morgan fingerprint density at radius 1 is 1.24 bits per heavy atom. The van der Waals surface area contributed by atoms with Crippen molar-refractivity contribution in [3.05, 3.63) is 35.0 Å². The molecule has 2 heterocycles. The Morgan fingerprint density at radius 3 is 2.52 bits per heavy atom. The van der Waals surface area contributed by atoms with E-state index in [-0.39, 0.29) is 22.8 Å². The largest absolute Gasteiger partial charge is 0.495 e. The molecule has 0 saturated heterocycles. The SMILES string of the molecule is COc1ccc(-c2c(C)nc3sc(C(C)(C)O)cn23)cc1S(=O)(=O)N(C)[C@H]1CC[C@@H](O)CC1. The summed E-state index contributed by atoms with van der Waals surface area (Å²) in [6, 6.07) is 4.97. The molecule has 1 saturated carbocycles. The molecule has 10 heteroatoms. The van der Waals surface area contributed by atoms with Gasteiger partial charge in [0.2, 0.25) is 10.0 Å². The number of benzene rings is 1. The first-order valence-corrected chi connectivity index (χ1v) is 13.2. The van der Waals surface area contributed by atoms with Gasteiger partial charge in [-0.05, 0) is 64.7 Å². The van der Waals surface area contributed by atoms with Crippen molar-refractivity contribution in [1.29, 1.82) is 0 Å². The first-order chi connectivity index (χ1) is 15.4. The molecule has 0 aliphatic heterocycles. The van der Waals surface area contributed by atoms with Crippen molar-refractivity contribution in [3.63, 3.8) is 0 Å². The Morgan fingerprint density at radius 2 is 1.91 bits per heavy atom. The molecule has 4 rings (SSSR count). The number of hydrogen-bond donors (Lipinski definition) is 2. The average Bonchev–Trinajstić information content (AvgIpc) is 3.30. The zero-order valence-electron chi connectivity index (χ0n) is 19.6. The van der Waals surface area contributed by atoms with E-state index in [1.165, 1.54) is 22.8 Å². The summed E-state index contributed by atoms with van der Waals surface area (Å²) in [6.45, 7) is 5.34. The number of sulfonamides is 1. The highest BCUT2D eigenvalue weighted by Gasteiger charge is 2.33. The summed E-state index contributed by atoms with van der Waals surface area (Å²) in [4.78, 5) is 6.23. The van der Waals surface area contributed by atoms with E-state index in [4.69, 9.17) is 4.74 Å². The number of ether oxygens (including phenoxy) is 1. The van der Waals surface area contributed by atoms with Gasteiger partial charge in [-0.25, -0.2) is 13.4 Å². The third kappa shape index (κ3) is 4.42. The van der Waals surface area contributed by atoms with Crippen LogP contribution in [0.3, 0.4) is 0 Å². The fraction of sp³-hybridized carbons (Fsp3) is 0.522. The van der Waals surface area contributed by atoms with Gasteiger partial charge in [-0.1, -0.05) is 11.3 Å². The van der Waals surface area contributed by atoms with Crippen molar-refractivity contribution >= 4 is 26.3 Å². The number of aliphatic hydroxyl groups excluding tert-OH is 1. The number of nitrogens with zero attached hydrogens (tertiary/aromatic N) is 3. The zero-order chi connectivity index (χ0) is 24.1. The predicted molar refractivity (Wildman–Crippen MR) is 128 cm³/mol. The Kier molecular flexibility index (Phi) is 6.34. The molecule has 1 fully saturated rings. The van der Waals surface area contributed by atoms with E-state index in [9.17, 15) is 18.6 Å². The molecule has 0 unspecified atom stereocenters. The summed E-state index contributed by atoms with van der Waals surface area (Å²) < 4.78 is 36.0. The van der Waals surface area contributed by atoms with Crippen LogP contribution in [0, 0.1) is 6.92 Å². The van der Waals surface area contributed by atoms with E-state index in [2.05, 4.69) is 4.98 Å². The molecule has 2 aromatic heterocycles. The number of methoxy groups -OCH3 is 1. The van der Waals surface area contributed by atoms with Gasteiger partial charge >= 0.3 is 0 Å². The average molecular weight is 494 g/mol. The van der Waals surface area contributed by atoms with Crippen LogP contribution in [0.25, 0.3) is 16.2 Å². The van der Waals surface area contributed by atoms with Crippen LogP contribution in [0.1, 0.15) is 50.1 Å². The van der Waals surface area contributed by atoms with Gasteiger partial charge < -0.3 is 14.9 Å². The Bertz CT molecular complexity index is 1270. The second kappa shape index (κ2) is 8.66. The molecule has 3 aromatic rings. The lowest BCUT2D eigenvalue weighted by Gasteiger charge is -2.32. The molecule has 1 aliphatic rings. The van der Waals surface area contributed by atoms with Gasteiger partial charge in [0, 0.05) is 24.8 Å². The molecule has 0 atom stereocenters. The van der Waals surface area contributed by atoms with Crippen LogP contribution in [0.4, 0.5) is 0 Å². The molecule has 1 aromatic carbocycles. The second-order valence-corrected chi connectivity index (χ2v) is 12.2. The minimum absolute atomic E-state index is 0.100. The number of thiazole rings is 1.